The number of rotatable bonds is 7. The lowest BCUT2D eigenvalue weighted by Gasteiger charge is -2.14. The first-order valence-electron chi connectivity index (χ1n) is 8.50. The summed E-state index contributed by atoms with van der Waals surface area (Å²) in [6.07, 6.45) is 1.06. The van der Waals surface area contributed by atoms with Crippen LogP contribution < -0.4 is 4.74 Å². The molecule has 0 N–H and O–H groups in total. The van der Waals surface area contributed by atoms with Gasteiger partial charge in [0.2, 0.25) is 17.6 Å². The number of ether oxygens (including phenoxy) is 1. The molecule has 0 unspecified atom stereocenters. The third-order valence-corrected chi connectivity index (χ3v) is 4.41. The molecule has 0 radical (unpaired) electrons. The van der Waals surface area contributed by atoms with Gasteiger partial charge in [0.1, 0.15) is 5.75 Å². The van der Waals surface area contributed by atoms with Crippen LogP contribution in [0.15, 0.2) is 53.1 Å². The van der Waals surface area contributed by atoms with Crippen molar-refractivity contribution >= 4 is 17.5 Å². The SMILES string of the molecule is COc1ccc(CCC(=O)N(C)Cc2nc(-c3ccc(Cl)cc3)no2)cc1. The summed E-state index contributed by atoms with van der Waals surface area (Å²) >= 11 is 5.88. The average molecular weight is 386 g/mol. The van der Waals surface area contributed by atoms with E-state index in [2.05, 4.69) is 10.1 Å². The highest BCUT2D eigenvalue weighted by atomic mass is 35.5. The lowest BCUT2D eigenvalue weighted by molar-refractivity contribution is -0.130. The van der Waals surface area contributed by atoms with E-state index >= 15 is 0 Å². The van der Waals surface area contributed by atoms with E-state index in [-0.39, 0.29) is 12.5 Å². The Kier molecular flexibility index (Phi) is 6.08. The quantitative estimate of drug-likeness (QED) is 0.615. The van der Waals surface area contributed by atoms with E-state index in [1.54, 1.807) is 31.2 Å². The smallest absolute Gasteiger partial charge is 0.246 e. The number of nitrogens with zero attached hydrogens (tertiary/aromatic N) is 3. The van der Waals surface area contributed by atoms with Gasteiger partial charge in [0, 0.05) is 24.1 Å². The number of hydrogen-bond acceptors (Lipinski definition) is 5. The van der Waals surface area contributed by atoms with Gasteiger partial charge in [0.05, 0.1) is 13.7 Å². The van der Waals surface area contributed by atoms with Crippen molar-refractivity contribution in [3.05, 3.63) is 65.0 Å². The molecule has 0 aliphatic heterocycles. The molecule has 0 bridgehead atoms. The second-order valence-electron chi connectivity index (χ2n) is 6.12. The second-order valence-corrected chi connectivity index (χ2v) is 6.55. The zero-order valence-corrected chi connectivity index (χ0v) is 15.9. The molecule has 0 fully saturated rings. The van der Waals surface area contributed by atoms with E-state index in [1.165, 1.54) is 0 Å². The Bertz CT molecular complexity index is 892. The number of carbonyl (C=O) groups is 1. The molecule has 140 valence electrons. The number of amides is 1. The molecular formula is C20H20ClN3O3. The molecule has 27 heavy (non-hydrogen) atoms. The number of hydrogen-bond donors (Lipinski definition) is 0. The van der Waals surface area contributed by atoms with E-state index in [0.717, 1.165) is 16.9 Å². The van der Waals surface area contributed by atoms with Crippen LogP contribution in [0.2, 0.25) is 5.02 Å². The van der Waals surface area contributed by atoms with Gasteiger partial charge in [-0.25, -0.2) is 0 Å². The summed E-state index contributed by atoms with van der Waals surface area (Å²) in [5.74, 6) is 1.67. The van der Waals surface area contributed by atoms with Crippen molar-refractivity contribution in [2.45, 2.75) is 19.4 Å². The number of halogens is 1. The van der Waals surface area contributed by atoms with Crippen LogP contribution >= 0.6 is 11.6 Å². The van der Waals surface area contributed by atoms with Gasteiger partial charge in [0.15, 0.2) is 0 Å². The fraction of sp³-hybridized carbons (Fsp3) is 0.250. The average Bonchev–Trinajstić information content (AvgIpc) is 3.15. The molecule has 1 aromatic heterocycles. The van der Waals surface area contributed by atoms with Gasteiger partial charge in [-0.3, -0.25) is 4.79 Å². The highest BCUT2D eigenvalue weighted by Gasteiger charge is 2.15. The van der Waals surface area contributed by atoms with Crippen LogP contribution in [-0.4, -0.2) is 35.1 Å². The van der Waals surface area contributed by atoms with E-state index in [9.17, 15) is 4.79 Å². The van der Waals surface area contributed by atoms with Crippen molar-refractivity contribution in [1.82, 2.24) is 15.0 Å². The fourth-order valence-electron chi connectivity index (χ4n) is 2.56. The summed E-state index contributed by atoms with van der Waals surface area (Å²) in [4.78, 5) is 18.3. The predicted octanol–water partition coefficient (Wildman–Crippen LogP) is 3.99. The number of aryl methyl sites for hydroxylation is 1. The summed E-state index contributed by atoms with van der Waals surface area (Å²) in [6, 6.07) is 14.9. The minimum atomic E-state index is 0.0112. The maximum absolute atomic E-state index is 12.4. The molecule has 0 aliphatic rings. The largest absolute Gasteiger partial charge is 0.497 e. The van der Waals surface area contributed by atoms with Crippen molar-refractivity contribution in [2.24, 2.45) is 0 Å². The number of methoxy groups -OCH3 is 1. The zero-order valence-electron chi connectivity index (χ0n) is 15.2. The minimum Gasteiger partial charge on any atom is -0.497 e. The van der Waals surface area contributed by atoms with Crippen molar-refractivity contribution in [1.29, 1.82) is 0 Å². The Hall–Kier alpha value is -2.86. The summed E-state index contributed by atoms with van der Waals surface area (Å²) < 4.78 is 10.4. The summed E-state index contributed by atoms with van der Waals surface area (Å²) in [5.41, 5.74) is 1.89. The van der Waals surface area contributed by atoms with Gasteiger partial charge in [-0.15, -0.1) is 0 Å². The molecule has 0 saturated heterocycles. The maximum atomic E-state index is 12.4. The second kappa shape index (κ2) is 8.68. The van der Waals surface area contributed by atoms with E-state index < -0.39 is 0 Å². The Balaban J connectivity index is 1.54. The normalized spacial score (nSPS) is 10.6. The van der Waals surface area contributed by atoms with Gasteiger partial charge in [-0.05, 0) is 48.4 Å². The van der Waals surface area contributed by atoms with Crippen LogP contribution in [0.25, 0.3) is 11.4 Å². The van der Waals surface area contributed by atoms with E-state index in [4.69, 9.17) is 20.9 Å². The van der Waals surface area contributed by atoms with Crippen molar-refractivity contribution in [3.8, 4) is 17.1 Å². The lowest BCUT2D eigenvalue weighted by Crippen LogP contribution is -2.26. The molecule has 1 heterocycles. The summed E-state index contributed by atoms with van der Waals surface area (Å²) in [5, 5.41) is 4.60. The highest BCUT2D eigenvalue weighted by Crippen LogP contribution is 2.19. The van der Waals surface area contributed by atoms with Crippen LogP contribution in [0.1, 0.15) is 17.9 Å². The molecule has 0 saturated carbocycles. The first-order chi connectivity index (χ1) is 13.0. The van der Waals surface area contributed by atoms with Gasteiger partial charge < -0.3 is 14.2 Å². The Morgan fingerprint density at radius 1 is 1.15 bits per heavy atom. The van der Waals surface area contributed by atoms with Crippen molar-refractivity contribution in [2.75, 3.05) is 14.2 Å². The molecule has 0 atom stereocenters. The molecule has 2 aromatic carbocycles. The van der Waals surface area contributed by atoms with Gasteiger partial charge >= 0.3 is 0 Å². The summed E-state index contributed by atoms with van der Waals surface area (Å²) in [7, 11) is 3.35. The first kappa shape index (κ1) is 18.9. The van der Waals surface area contributed by atoms with Crippen LogP contribution in [0, 0.1) is 0 Å². The maximum Gasteiger partial charge on any atom is 0.246 e. The molecule has 6 nitrogen and oxygen atoms in total. The van der Waals surface area contributed by atoms with Gasteiger partial charge in [0.25, 0.3) is 0 Å². The minimum absolute atomic E-state index is 0.0112. The van der Waals surface area contributed by atoms with Crippen LogP contribution in [-0.2, 0) is 17.8 Å². The molecule has 0 spiro atoms. The molecule has 0 aliphatic carbocycles. The topological polar surface area (TPSA) is 68.5 Å². The molecule has 7 heteroatoms. The standard InChI is InChI=1S/C20H20ClN3O3/c1-24(19(25)12-5-14-3-10-17(26-2)11-4-14)13-18-22-20(23-27-18)15-6-8-16(21)9-7-15/h3-4,6-11H,5,12-13H2,1-2H3. The molecule has 3 aromatic rings. The highest BCUT2D eigenvalue weighted by molar-refractivity contribution is 6.30. The van der Waals surface area contributed by atoms with Crippen molar-refractivity contribution < 1.29 is 14.1 Å². The van der Waals surface area contributed by atoms with E-state index in [1.807, 2.05) is 36.4 Å². The fourth-order valence-corrected chi connectivity index (χ4v) is 2.69. The van der Waals surface area contributed by atoms with Crippen LogP contribution in [0.3, 0.4) is 0 Å². The Labute approximate surface area is 162 Å². The van der Waals surface area contributed by atoms with Crippen LogP contribution in [0.5, 0.6) is 5.75 Å². The van der Waals surface area contributed by atoms with Gasteiger partial charge in [-0.1, -0.05) is 28.9 Å². The number of benzene rings is 2. The predicted molar refractivity (Wildman–Crippen MR) is 103 cm³/mol. The monoisotopic (exact) mass is 385 g/mol. The molecular weight excluding hydrogens is 366 g/mol. The zero-order chi connectivity index (χ0) is 19.2. The molecule has 1 amide bonds. The number of aromatic nitrogens is 2. The first-order valence-corrected chi connectivity index (χ1v) is 8.88. The lowest BCUT2D eigenvalue weighted by atomic mass is 10.1. The third kappa shape index (κ3) is 5.08. The Morgan fingerprint density at radius 2 is 1.85 bits per heavy atom. The van der Waals surface area contributed by atoms with E-state index in [0.29, 0.717) is 29.6 Å². The Morgan fingerprint density at radius 3 is 2.52 bits per heavy atom. The van der Waals surface area contributed by atoms with Crippen molar-refractivity contribution in [3.63, 3.8) is 0 Å². The third-order valence-electron chi connectivity index (χ3n) is 4.16. The number of carbonyl (C=O) groups excluding carboxylic acids is 1. The summed E-state index contributed by atoms with van der Waals surface area (Å²) in [6.45, 7) is 0.266. The van der Waals surface area contributed by atoms with Crippen LogP contribution in [0.4, 0.5) is 0 Å². The van der Waals surface area contributed by atoms with Gasteiger partial charge in [-0.2, -0.15) is 4.98 Å². The molecule has 3 rings (SSSR count).